The molecule has 186 valence electrons. The highest BCUT2D eigenvalue weighted by Gasteiger charge is 2.26. The van der Waals surface area contributed by atoms with E-state index in [9.17, 15) is 0 Å². The summed E-state index contributed by atoms with van der Waals surface area (Å²) in [7, 11) is 4.36. The van der Waals surface area contributed by atoms with E-state index in [1.165, 1.54) is 30.4 Å². The predicted molar refractivity (Wildman–Crippen MR) is 146 cm³/mol. The molecule has 6 heteroatoms. The largest absolute Gasteiger partial charge is 0.366 e. The Hall–Kier alpha value is -3.02. The summed E-state index contributed by atoms with van der Waals surface area (Å²) in [4.78, 5) is 12.2. The van der Waals surface area contributed by atoms with Gasteiger partial charge in [0.05, 0.1) is 11.7 Å². The molecule has 0 radical (unpaired) electrons. The number of fused-ring (bicyclic) bond motifs is 2. The van der Waals surface area contributed by atoms with Gasteiger partial charge in [0.2, 0.25) is 0 Å². The van der Waals surface area contributed by atoms with Gasteiger partial charge in [-0.25, -0.2) is 4.98 Å². The molecular weight excluding hydrogens is 432 g/mol. The highest BCUT2D eigenvalue weighted by molar-refractivity contribution is 5.66. The maximum absolute atomic E-state index is 5.14. The average molecular weight is 473 g/mol. The zero-order valence-corrected chi connectivity index (χ0v) is 21.9. The van der Waals surface area contributed by atoms with Gasteiger partial charge in [0.25, 0.3) is 0 Å². The van der Waals surface area contributed by atoms with Gasteiger partial charge < -0.3 is 14.7 Å². The van der Waals surface area contributed by atoms with E-state index in [-0.39, 0.29) is 6.04 Å². The number of aryl methyl sites for hydroxylation is 1. The third kappa shape index (κ3) is 4.63. The van der Waals surface area contributed by atoms with E-state index in [0.717, 1.165) is 67.6 Å². The van der Waals surface area contributed by atoms with Gasteiger partial charge in [-0.05, 0) is 43.6 Å². The summed E-state index contributed by atoms with van der Waals surface area (Å²) in [6, 6.07) is 13.3. The van der Waals surface area contributed by atoms with Crippen LogP contribution in [0.1, 0.15) is 68.8 Å². The van der Waals surface area contributed by atoms with Crippen LogP contribution in [0.4, 0.5) is 11.6 Å². The average Bonchev–Trinajstić information content (AvgIpc) is 3.49. The van der Waals surface area contributed by atoms with Crippen molar-refractivity contribution in [3.63, 3.8) is 0 Å². The van der Waals surface area contributed by atoms with E-state index in [2.05, 4.69) is 90.1 Å². The molecule has 2 aliphatic rings. The van der Waals surface area contributed by atoms with Gasteiger partial charge in [0.1, 0.15) is 11.6 Å². The van der Waals surface area contributed by atoms with Gasteiger partial charge in [-0.1, -0.05) is 51.1 Å². The van der Waals surface area contributed by atoms with Crippen LogP contribution in [0, 0.1) is 5.92 Å². The van der Waals surface area contributed by atoms with Crippen molar-refractivity contribution in [1.29, 1.82) is 0 Å². The summed E-state index contributed by atoms with van der Waals surface area (Å²) in [6.45, 7) is 12.3. The van der Waals surface area contributed by atoms with Gasteiger partial charge in [0, 0.05) is 57.1 Å². The second kappa shape index (κ2) is 9.92. The van der Waals surface area contributed by atoms with Gasteiger partial charge in [0.15, 0.2) is 5.65 Å². The normalized spacial score (nSPS) is 21.9. The molecule has 1 fully saturated rings. The number of benzene rings is 1. The molecular formula is C29H40N6. The molecule has 5 rings (SSSR count). The Balaban J connectivity index is 1.60. The molecule has 2 bridgehead atoms. The fourth-order valence-electron chi connectivity index (χ4n) is 5.74. The lowest BCUT2D eigenvalue weighted by Crippen LogP contribution is -2.25. The van der Waals surface area contributed by atoms with Gasteiger partial charge in [-0.3, -0.25) is 0 Å². The molecule has 3 aromatic rings. The van der Waals surface area contributed by atoms with Gasteiger partial charge in [-0.15, -0.1) is 0 Å². The Morgan fingerprint density at radius 1 is 1.06 bits per heavy atom. The van der Waals surface area contributed by atoms with Crippen molar-refractivity contribution in [3.8, 4) is 0 Å². The first-order chi connectivity index (χ1) is 17.0. The third-order valence-electron chi connectivity index (χ3n) is 7.94. The molecule has 6 nitrogen and oxygen atoms in total. The maximum atomic E-state index is 5.14. The highest BCUT2D eigenvalue weighted by Crippen LogP contribution is 2.34. The fourth-order valence-corrected chi connectivity index (χ4v) is 5.74. The van der Waals surface area contributed by atoms with Crippen LogP contribution < -0.4 is 9.80 Å². The minimum absolute atomic E-state index is 0.135. The lowest BCUT2D eigenvalue weighted by Gasteiger charge is -2.30. The zero-order valence-electron chi connectivity index (χ0n) is 21.9. The number of aromatic nitrogens is 3. The van der Waals surface area contributed by atoms with E-state index in [1.54, 1.807) is 0 Å². The van der Waals surface area contributed by atoms with Crippen LogP contribution in [-0.2, 0) is 6.42 Å². The number of hydrogen-bond acceptors (Lipinski definition) is 5. The Morgan fingerprint density at radius 3 is 2.66 bits per heavy atom. The highest BCUT2D eigenvalue weighted by atomic mass is 15.4. The molecule has 2 aliphatic heterocycles. The molecule has 2 aromatic heterocycles. The molecule has 35 heavy (non-hydrogen) atoms. The molecule has 0 spiro atoms. The van der Waals surface area contributed by atoms with Gasteiger partial charge >= 0.3 is 0 Å². The molecule has 2 atom stereocenters. The maximum Gasteiger partial charge on any atom is 0.160 e. The third-order valence-corrected chi connectivity index (χ3v) is 7.94. The molecule has 2 unspecified atom stereocenters. The molecule has 0 saturated carbocycles. The van der Waals surface area contributed by atoms with Crippen LogP contribution in [-0.4, -0.2) is 53.2 Å². The van der Waals surface area contributed by atoms with E-state index in [4.69, 9.17) is 10.1 Å². The summed E-state index contributed by atoms with van der Waals surface area (Å²) < 4.78 is 2.06. The number of nitrogens with zero attached hydrogens (tertiary/aromatic N) is 6. The second-order valence-electron chi connectivity index (χ2n) is 10.5. The number of hydrogen-bond donors (Lipinski definition) is 0. The van der Waals surface area contributed by atoms with E-state index in [0.29, 0.717) is 5.92 Å². The summed E-state index contributed by atoms with van der Waals surface area (Å²) in [5, 5.41) is 5.14. The first-order valence-corrected chi connectivity index (χ1v) is 13.3. The lowest BCUT2D eigenvalue weighted by molar-refractivity contribution is 0.339. The van der Waals surface area contributed by atoms with Crippen molar-refractivity contribution < 1.29 is 0 Å². The minimum atomic E-state index is 0.135. The van der Waals surface area contributed by atoms with Crippen molar-refractivity contribution in [1.82, 2.24) is 19.5 Å². The van der Waals surface area contributed by atoms with E-state index in [1.807, 2.05) is 0 Å². The van der Waals surface area contributed by atoms with Crippen LogP contribution in [0.25, 0.3) is 11.3 Å². The monoisotopic (exact) mass is 472 g/mol. The Labute approximate surface area is 210 Å². The number of rotatable bonds is 2. The molecule has 1 aromatic carbocycles. The first kappa shape index (κ1) is 23.7. The van der Waals surface area contributed by atoms with Crippen LogP contribution >= 0.6 is 0 Å². The van der Waals surface area contributed by atoms with E-state index >= 15 is 0 Å². The lowest BCUT2D eigenvalue weighted by atomic mass is 9.98. The molecule has 0 amide bonds. The van der Waals surface area contributed by atoms with Crippen LogP contribution in [0.15, 0.2) is 43.0 Å². The quantitative estimate of drug-likeness (QED) is 0.472. The van der Waals surface area contributed by atoms with Crippen LogP contribution in [0.5, 0.6) is 0 Å². The molecule has 4 heterocycles. The van der Waals surface area contributed by atoms with Gasteiger partial charge in [-0.2, -0.15) is 9.61 Å². The Morgan fingerprint density at radius 2 is 1.89 bits per heavy atom. The molecule has 0 N–H and O–H groups in total. The fraction of sp³-hybridized carbons (Fsp3) is 0.517. The summed E-state index contributed by atoms with van der Waals surface area (Å²) in [5.41, 5.74) is 5.70. The van der Waals surface area contributed by atoms with E-state index < -0.39 is 0 Å². The SMILES string of the molecule is C=C1c2ccccc2CCCCCN(C)c2cc(N3CCC(C)C3)nc3cc(nn23)C(CC)N1C. The van der Waals surface area contributed by atoms with Crippen molar-refractivity contribution >= 4 is 23.0 Å². The first-order valence-electron chi connectivity index (χ1n) is 13.3. The summed E-state index contributed by atoms with van der Waals surface area (Å²) >= 11 is 0. The molecule has 1 saturated heterocycles. The van der Waals surface area contributed by atoms with Crippen molar-refractivity contribution in [2.24, 2.45) is 5.92 Å². The second-order valence-corrected chi connectivity index (χ2v) is 10.5. The van der Waals surface area contributed by atoms with Crippen molar-refractivity contribution in [3.05, 3.63) is 59.8 Å². The van der Waals surface area contributed by atoms with Crippen LogP contribution in [0.2, 0.25) is 0 Å². The predicted octanol–water partition coefficient (Wildman–Crippen LogP) is 5.79. The van der Waals surface area contributed by atoms with Crippen molar-refractivity contribution in [2.75, 3.05) is 43.5 Å². The topological polar surface area (TPSA) is 39.9 Å². The zero-order chi connectivity index (χ0) is 24.5. The smallest absolute Gasteiger partial charge is 0.160 e. The Kier molecular flexibility index (Phi) is 6.72. The summed E-state index contributed by atoms with van der Waals surface area (Å²) in [5.74, 6) is 2.92. The van der Waals surface area contributed by atoms with Crippen LogP contribution in [0.3, 0.4) is 0 Å². The Bertz CT molecular complexity index is 1200. The minimum Gasteiger partial charge on any atom is -0.366 e. The molecule has 0 aliphatic carbocycles. The van der Waals surface area contributed by atoms with Crippen molar-refractivity contribution in [2.45, 2.75) is 58.4 Å². The standard InChI is InChI=1S/C29H40N6/c1-6-26-25-18-28-30-27(34-17-15-21(2)20-34)19-29(35(28)31-25)32(4)16-11-7-8-12-23-13-9-10-14-24(23)22(3)33(26)5/h9-10,13-14,18-19,21,26H,3,6-8,11-12,15-17,20H2,1-2,4-5H3. The number of anilines is 2. The summed E-state index contributed by atoms with van der Waals surface area (Å²) in [6.07, 6.45) is 6.82.